The number of esters is 1. The largest absolute Gasteiger partial charge is 0.465 e. The van der Waals surface area contributed by atoms with Crippen molar-refractivity contribution in [2.24, 2.45) is 0 Å². The van der Waals surface area contributed by atoms with E-state index in [1.165, 1.54) is 7.11 Å². The van der Waals surface area contributed by atoms with Gasteiger partial charge in [0.15, 0.2) is 0 Å². The molecular weight excluding hydrogens is 474 g/mol. The van der Waals surface area contributed by atoms with Gasteiger partial charge in [0, 0.05) is 12.0 Å². The zero-order chi connectivity index (χ0) is 23.1. The molecule has 166 valence electrons. The number of methoxy groups -OCH3 is 1. The average molecular weight is 498 g/mol. The number of carbonyl (C=O) groups excluding carboxylic acids is 2. The first-order chi connectivity index (χ1) is 15.5. The SMILES string of the molecule is CCCc1nc(NC(=O)CBr)[nH]c(=O)c1Cc1ccc(-c2ccccc2)c(C(=O)OC)c1. The molecule has 0 bridgehead atoms. The predicted octanol–water partition coefficient (Wildman–Crippen LogP) is 4.10. The molecule has 32 heavy (non-hydrogen) atoms. The van der Waals surface area contributed by atoms with Crippen LogP contribution in [-0.4, -0.2) is 34.3 Å². The Labute approximate surface area is 194 Å². The number of hydrogen-bond donors (Lipinski definition) is 2. The summed E-state index contributed by atoms with van der Waals surface area (Å²) in [6.45, 7) is 1.99. The molecule has 8 heteroatoms. The van der Waals surface area contributed by atoms with Gasteiger partial charge in [0.2, 0.25) is 11.9 Å². The molecule has 3 rings (SSSR count). The number of rotatable bonds is 8. The van der Waals surface area contributed by atoms with Crippen LogP contribution < -0.4 is 10.9 Å². The van der Waals surface area contributed by atoms with Crippen LogP contribution in [0.15, 0.2) is 53.3 Å². The molecule has 0 aliphatic carbocycles. The predicted molar refractivity (Wildman–Crippen MR) is 127 cm³/mol. The molecule has 3 aromatic rings. The van der Waals surface area contributed by atoms with E-state index in [1.807, 2.05) is 49.4 Å². The molecule has 1 heterocycles. The highest BCUT2D eigenvalue weighted by molar-refractivity contribution is 9.09. The maximum Gasteiger partial charge on any atom is 0.338 e. The third-order valence-electron chi connectivity index (χ3n) is 4.92. The van der Waals surface area contributed by atoms with Crippen molar-refractivity contribution >= 4 is 33.8 Å². The standard InChI is InChI=1S/C24H24BrN3O4/c1-3-7-20-19(22(30)28-24(26-20)27-21(29)14-25)13-15-10-11-17(16-8-5-4-6-9-16)18(12-15)23(31)32-2/h4-6,8-12H,3,7,13-14H2,1-2H3,(H2,26,27,28,29,30). The fourth-order valence-corrected chi connectivity index (χ4v) is 3.59. The number of ether oxygens (including phenoxy) is 1. The monoisotopic (exact) mass is 497 g/mol. The Morgan fingerprint density at radius 3 is 2.56 bits per heavy atom. The van der Waals surface area contributed by atoms with Gasteiger partial charge in [0.1, 0.15) is 0 Å². The fraction of sp³-hybridized carbons (Fsp3) is 0.250. The van der Waals surface area contributed by atoms with Crippen LogP contribution >= 0.6 is 15.9 Å². The third kappa shape index (κ3) is 5.50. The summed E-state index contributed by atoms with van der Waals surface area (Å²) in [6.07, 6.45) is 1.67. The van der Waals surface area contributed by atoms with Crippen LogP contribution in [0.3, 0.4) is 0 Å². The first-order valence-electron chi connectivity index (χ1n) is 10.2. The van der Waals surface area contributed by atoms with Gasteiger partial charge in [0.25, 0.3) is 5.56 Å². The van der Waals surface area contributed by atoms with Gasteiger partial charge in [-0.15, -0.1) is 0 Å². The van der Waals surface area contributed by atoms with Gasteiger partial charge in [-0.05, 0) is 29.2 Å². The van der Waals surface area contributed by atoms with Crippen LogP contribution in [0.4, 0.5) is 5.95 Å². The van der Waals surface area contributed by atoms with Gasteiger partial charge in [-0.1, -0.05) is 71.7 Å². The van der Waals surface area contributed by atoms with Gasteiger partial charge in [-0.2, -0.15) is 0 Å². The van der Waals surface area contributed by atoms with Crippen LogP contribution in [0, 0.1) is 0 Å². The molecule has 1 amide bonds. The molecule has 0 aliphatic rings. The average Bonchev–Trinajstić information content (AvgIpc) is 2.81. The summed E-state index contributed by atoms with van der Waals surface area (Å²) in [4.78, 5) is 44.0. The molecule has 2 N–H and O–H groups in total. The molecule has 0 spiro atoms. The zero-order valence-electron chi connectivity index (χ0n) is 17.9. The number of nitrogens with zero attached hydrogens (tertiary/aromatic N) is 1. The Hall–Kier alpha value is -3.26. The highest BCUT2D eigenvalue weighted by atomic mass is 79.9. The number of nitrogens with one attached hydrogen (secondary N) is 2. The number of hydrogen-bond acceptors (Lipinski definition) is 5. The third-order valence-corrected chi connectivity index (χ3v) is 5.43. The summed E-state index contributed by atoms with van der Waals surface area (Å²) in [5.74, 6) is -0.622. The Morgan fingerprint density at radius 2 is 1.91 bits per heavy atom. The van der Waals surface area contributed by atoms with E-state index in [-0.39, 0.29) is 22.7 Å². The quantitative estimate of drug-likeness (QED) is 0.360. The van der Waals surface area contributed by atoms with Crippen LogP contribution in [0.25, 0.3) is 11.1 Å². The fourth-order valence-electron chi connectivity index (χ4n) is 3.45. The lowest BCUT2D eigenvalue weighted by Crippen LogP contribution is -2.23. The van der Waals surface area contributed by atoms with Crippen molar-refractivity contribution in [2.75, 3.05) is 17.8 Å². The van der Waals surface area contributed by atoms with Crippen molar-refractivity contribution in [3.63, 3.8) is 0 Å². The van der Waals surface area contributed by atoms with E-state index in [9.17, 15) is 14.4 Å². The molecule has 0 atom stereocenters. The number of benzene rings is 2. The number of aryl methyl sites for hydroxylation is 1. The lowest BCUT2D eigenvalue weighted by molar-refractivity contribution is -0.113. The van der Waals surface area contributed by atoms with Crippen LogP contribution in [0.1, 0.15) is 40.5 Å². The van der Waals surface area contributed by atoms with Crippen molar-refractivity contribution in [3.05, 3.63) is 81.3 Å². The second-order valence-corrected chi connectivity index (χ2v) is 7.75. The van der Waals surface area contributed by atoms with E-state index in [1.54, 1.807) is 6.07 Å². The van der Waals surface area contributed by atoms with E-state index >= 15 is 0 Å². The molecule has 0 aliphatic heterocycles. The van der Waals surface area contributed by atoms with Crippen molar-refractivity contribution in [2.45, 2.75) is 26.2 Å². The van der Waals surface area contributed by atoms with E-state index < -0.39 is 5.97 Å². The first kappa shape index (κ1) is 23.4. The Balaban J connectivity index is 2.01. The molecule has 0 saturated heterocycles. The number of alkyl halides is 1. The van der Waals surface area contributed by atoms with Crippen LogP contribution in [0.5, 0.6) is 0 Å². The van der Waals surface area contributed by atoms with Crippen LogP contribution in [0.2, 0.25) is 0 Å². The summed E-state index contributed by atoms with van der Waals surface area (Å²) >= 11 is 3.08. The second kappa shape index (κ2) is 10.9. The minimum Gasteiger partial charge on any atom is -0.465 e. The van der Waals surface area contributed by atoms with Gasteiger partial charge in [-0.25, -0.2) is 9.78 Å². The molecule has 0 saturated carbocycles. The maximum absolute atomic E-state index is 12.8. The van der Waals surface area contributed by atoms with Gasteiger partial charge in [0.05, 0.1) is 23.7 Å². The Bertz CT molecular complexity index is 1180. The number of carbonyl (C=O) groups is 2. The number of halogens is 1. The second-order valence-electron chi connectivity index (χ2n) is 7.19. The Kier molecular flexibility index (Phi) is 7.94. The number of anilines is 1. The van der Waals surface area contributed by atoms with Crippen molar-refractivity contribution in [1.29, 1.82) is 0 Å². The lowest BCUT2D eigenvalue weighted by atomic mass is 9.94. The molecule has 1 aromatic heterocycles. The van der Waals surface area contributed by atoms with Crippen molar-refractivity contribution in [1.82, 2.24) is 9.97 Å². The summed E-state index contributed by atoms with van der Waals surface area (Å²) in [6, 6.07) is 15.1. The molecule has 0 fully saturated rings. The number of H-pyrrole nitrogens is 1. The van der Waals surface area contributed by atoms with E-state index in [0.29, 0.717) is 29.7 Å². The summed E-state index contributed by atoms with van der Waals surface area (Å²) in [5, 5.41) is 2.67. The van der Waals surface area contributed by atoms with Crippen molar-refractivity contribution < 1.29 is 14.3 Å². The smallest absolute Gasteiger partial charge is 0.338 e. The van der Waals surface area contributed by atoms with Gasteiger partial charge in [-0.3, -0.25) is 19.9 Å². The minimum atomic E-state index is -0.445. The summed E-state index contributed by atoms with van der Waals surface area (Å²) < 4.78 is 4.99. The van der Waals surface area contributed by atoms with E-state index in [4.69, 9.17) is 4.74 Å². The van der Waals surface area contributed by atoms with Crippen molar-refractivity contribution in [3.8, 4) is 11.1 Å². The zero-order valence-corrected chi connectivity index (χ0v) is 19.5. The highest BCUT2D eigenvalue weighted by Gasteiger charge is 2.17. The first-order valence-corrected chi connectivity index (χ1v) is 11.3. The number of amides is 1. The number of aromatic nitrogens is 2. The summed E-state index contributed by atoms with van der Waals surface area (Å²) in [5.41, 5.74) is 3.68. The van der Waals surface area contributed by atoms with Crippen LogP contribution in [-0.2, 0) is 22.4 Å². The summed E-state index contributed by atoms with van der Waals surface area (Å²) in [7, 11) is 1.34. The molecule has 0 radical (unpaired) electrons. The highest BCUT2D eigenvalue weighted by Crippen LogP contribution is 2.26. The molecular formula is C24H24BrN3O4. The minimum absolute atomic E-state index is 0.103. The Morgan fingerprint density at radius 1 is 1.16 bits per heavy atom. The molecule has 7 nitrogen and oxygen atoms in total. The van der Waals surface area contributed by atoms with E-state index in [2.05, 4.69) is 31.2 Å². The van der Waals surface area contributed by atoms with Gasteiger partial charge >= 0.3 is 5.97 Å². The van der Waals surface area contributed by atoms with E-state index in [0.717, 1.165) is 23.1 Å². The maximum atomic E-state index is 12.8. The molecule has 0 unspecified atom stereocenters. The van der Waals surface area contributed by atoms with Gasteiger partial charge < -0.3 is 4.74 Å². The normalized spacial score (nSPS) is 10.6. The number of aromatic amines is 1. The molecule has 2 aromatic carbocycles. The topological polar surface area (TPSA) is 101 Å². The lowest BCUT2D eigenvalue weighted by Gasteiger charge is -2.13.